The molecule has 2 rings (SSSR count). The van der Waals surface area contributed by atoms with E-state index in [-0.39, 0.29) is 18.9 Å². The number of aryl methyl sites for hydroxylation is 2. The summed E-state index contributed by atoms with van der Waals surface area (Å²) in [5.74, 6) is 0. The van der Waals surface area contributed by atoms with Crippen molar-refractivity contribution < 1.29 is 15.0 Å². The third-order valence-corrected chi connectivity index (χ3v) is 4.68. The minimum absolute atomic E-state index is 0. The molecule has 0 N–H and O–H groups in total. The quantitative estimate of drug-likeness (QED) is 0.741. The SMILES string of the molecule is Cc1ccc[c]([Cu][c]2cccc(C)c2C)c1C.[LiH]. The van der Waals surface area contributed by atoms with Crippen molar-refractivity contribution in [2.75, 3.05) is 0 Å². The zero-order valence-corrected chi connectivity index (χ0v) is 11.7. The Morgan fingerprint density at radius 1 is 0.667 bits per heavy atom. The van der Waals surface area contributed by atoms with Crippen molar-refractivity contribution in [1.29, 1.82) is 0 Å². The van der Waals surface area contributed by atoms with Crippen molar-refractivity contribution in [3.05, 3.63) is 58.7 Å². The third-order valence-electron chi connectivity index (χ3n) is 3.16. The van der Waals surface area contributed by atoms with Crippen molar-refractivity contribution in [2.45, 2.75) is 27.7 Å². The molecule has 2 aromatic rings. The van der Waals surface area contributed by atoms with Gasteiger partial charge in [-0.25, -0.2) is 0 Å². The number of benzene rings is 2. The van der Waals surface area contributed by atoms with E-state index in [9.17, 15) is 0 Å². The van der Waals surface area contributed by atoms with Gasteiger partial charge in [0.05, 0.1) is 0 Å². The molecule has 0 aliphatic rings. The third kappa shape index (κ3) is 3.31. The molecule has 0 aliphatic carbocycles. The maximum atomic E-state index is 2.20. The van der Waals surface area contributed by atoms with Crippen molar-refractivity contribution in [2.24, 2.45) is 0 Å². The van der Waals surface area contributed by atoms with E-state index in [1.807, 2.05) is 15.0 Å². The first-order valence-electron chi connectivity index (χ1n) is 5.79. The van der Waals surface area contributed by atoms with Crippen LogP contribution in [0.15, 0.2) is 36.4 Å². The molecule has 18 heavy (non-hydrogen) atoms. The summed E-state index contributed by atoms with van der Waals surface area (Å²) in [6.07, 6.45) is 0. The molecule has 0 heterocycles. The molecule has 0 radical (unpaired) electrons. The van der Waals surface area contributed by atoms with Gasteiger partial charge in [-0.15, -0.1) is 0 Å². The standard InChI is InChI=1S/2C8H9.Cu.Li.H/c2*1-7-5-3-4-6-8(7)2;;;/h2*3-5H,1-2H3;;;. The van der Waals surface area contributed by atoms with Gasteiger partial charge in [-0.3, -0.25) is 0 Å². The topological polar surface area (TPSA) is 0 Å². The molecule has 0 aliphatic heterocycles. The second kappa shape index (κ2) is 6.64. The van der Waals surface area contributed by atoms with Crippen LogP contribution in [0.4, 0.5) is 0 Å². The Morgan fingerprint density at radius 3 is 1.44 bits per heavy atom. The number of rotatable bonds is 2. The molecule has 0 amide bonds. The van der Waals surface area contributed by atoms with Gasteiger partial charge in [0.2, 0.25) is 0 Å². The summed E-state index contributed by atoms with van der Waals surface area (Å²) < 4.78 is 2.70. The van der Waals surface area contributed by atoms with Gasteiger partial charge < -0.3 is 0 Å². The summed E-state index contributed by atoms with van der Waals surface area (Å²) in [6.45, 7) is 8.72. The molecule has 0 atom stereocenters. The summed E-state index contributed by atoms with van der Waals surface area (Å²) in [5.41, 5.74) is 5.48. The van der Waals surface area contributed by atoms with Gasteiger partial charge in [-0.2, -0.15) is 0 Å². The molecule has 2 heteroatoms. The molecule has 0 fully saturated rings. The average molecular weight is 282 g/mol. The van der Waals surface area contributed by atoms with E-state index in [2.05, 4.69) is 64.1 Å². The molecule has 0 bridgehead atoms. The van der Waals surface area contributed by atoms with Gasteiger partial charge in [-0.1, -0.05) is 0 Å². The second-order valence-corrected chi connectivity index (χ2v) is 5.61. The Hall–Kier alpha value is -0.443. The zero-order chi connectivity index (χ0) is 12.4. The number of hydrogen-bond acceptors (Lipinski definition) is 0. The van der Waals surface area contributed by atoms with Crippen LogP contribution in [0, 0.1) is 27.7 Å². The van der Waals surface area contributed by atoms with Crippen LogP contribution >= 0.6 is 0 Å². The van der Waals surface area contributed by atoms with E-state index in [1.54, 1.807) is 0 Å². The summed E-state index contributed by atoms with van der Waals surface area (Å²) in [5, 5.41) is 0. The van der Waals surface area contributed by atoms with Crippen LogP contribution in [0.2, 0.25) is 0 Å². The van der Waals surface area contributed by atoms with Gasteiger partial charge in [0.25, 0.3) is 0 Å². The molecule has 0 nitrogen and oxygen atoms in total. The van der Waals surface area contributed by atoms with Crippen LogP contribution in [0.1, 0.15) is 22.3 Å². The van der Waals surface area contributed by atoms with Gasteiger partial charge >= 0.3 is 129 Å². The van der Waals surface area contributed by atoms with Crippen LogP contribution < -0.4 is 8.92 Å². The van der Waals surface area contributed by atoms with Crippen molar-refractivity contribution in [3.8, 4) is 0 Å². The Labute approximate surface area is 129 Å². The summed E-state index contributed by atoms with van der Waals surface area (Å²) in [4.78, 5) is 0. The van der Waals surface area contributed by atoms with E-state index in [4.69, 9.17) is 0 Å². The van der Waals surface area contributed by atoms with E-state index in [0.717, 1.165) is 0 Å². The molecule has 0 saturated carbocycles. The van der Waals surface area contributed by atoms with Gasteiger partial charge in [0.1, 0.15) is 0 Å². The number of hydrogen-bond donors (Lipinski definition) is 0. The second-order valence-electron chi connectivity index (χ2n) is 4.36. The van der Waals surface area contributed by atoms with Crippen LogP contribution in [0.25, 0.3) is 0 Å². The summed E-state index contributed by atoms with van der Waals surface area (Å²) in [6, 6.07) is 13.0. The van der Waals surface area contributed by atoms with Crippen molar-refractivity contribution in [3.63, 3.8) is 0 Å². The molecule has 2 aromatic carbocycles. The van der Waals surface area contributed by atoms with Crippen LogP contribution in [0.3, 0.4) is 0 Å². The average Bonchev–Trinajstić information content (AvgIpc) is 2.31. The molecule has 0 spiro atoms. The van der Waals surface area contributed by atoms with E-state index in [1.165, 1.54) is 31.2 Å². The molecule has 0 saturated heterocycles. The van der Waals surface area contributed by atoms with Crippen LogP contribution in [-0.2, 0) is 15.0 Å². The van der Waals surface area contributed by atoms with Gasteiger partial charge in [0.15, 0.2) is 0 Å². The summed E-state index contributed by atoms with van der Waals surface area (Å²) in [7, 11) is 0. The molecular formula is C16H19CuLi. The predicted molar refractivity (Wildman–Crippen MR) is 78.2 cm³/mol. The Morgan fingerprint density at radius 2 is 1.06 bits per heavy atom. The first-order valence-corrected chi connectivity index (χ1v) is 6.73. The molecule has 0 aromatic heterocycles. The summed E-state index contributed by atoms with van der Waals surface area (Å²) >= 11 is 1.97. The minimum atomic E-state index is 0. The van der Waals surface area contributed by atoms with E-state index >= 15 is 0 Å². The Bertz CT molecular complexity index is 497. The van der Waals surface area contributed by atoms with Crippen molar-refractivity contribution in [1.82, 2.24) is 0 Å². The van der Waals surface area contributed by atoms with E-state index in [0.29, 0.717) is 0 Å². The Kier molecular flexibility index (Phi) is 5.76. The molecular weight excluding hydrogens is 263 g/mol. The Balaban J connectivity index is 0.00000162. The predicted octanol–water partition coefficient (Wildman–Crippen LogP) is 2.31. The fraction of sp³-hybridized carbons (Fsp3) is 0.250. The monoisotopic (exact) mass is 281 g/mol. The fourth-order valence-corrected chi connectivity index (χ4v) is 2.97. The molecule has 0 unspecified atom stereocenters. The zero-order valence-electron chi connectivity index (χ0n) is 10.8. The normalized spacial score (nSPS) is 10.2. The fourth-order valence-electron chi connectivity index (χ4n) is 1.64. The van der Waals surface area contributed by atoms with Crippen LogP contribution in [-0.4, -0.2) is 18.9 Å². The van der Waals surface area contributed by atoms with Gasteiger partial charge in [-0.05, 0) is 0 Å². The van der Waals surface area contributed by atoms with Gasteiger partial charge in [0, 0.05) is 0 Å². The van der Waals surface area contributed by atoms with E-state index < -0.39 is 0 Å². The maximum absolute atomic E-state index is 2.20. The van der Waals surface area contributed by atoms with Crippen molar-refractivity contribution >= 4 is 27.8 Å². The molecule has 95 valence electrons. The first-order chi connectivity index (χ1) is 8.09. The van der Waals surface area contributed by atoms with Crippen LogP contribution in [0.5, 0.6) is 0 Å². The first kappa shape index (κ1) is 15.6.